The Morgan fingerprint density at radius 2 is 1.95 bits per heavy atom. The summed E-state index contributed by atoms with van der Waals surface area (Å²) < 4.78 is 11.4. The van der Waals surface area contributed by atoms with Crippen LogP contribution < -0.4 is 14.8 Å². The van der Waals surface area contributed by atoms with Crippen LogP contribution in [0.4, 0.5) is 0 Å². The molecular weight excluding hydrogens is 238 g/mol. The van der Waals surface area contributed by atoms with Crippen LogP contribution in [0.15, 0.2) is 18.2 Å². The van der Waals surface area contributed by atoms with Crippen LogP contribution in [0.5, 0.6) is 11.5 Å². The van der Waals surface area contributed by atoms with Gasteiger partial charge < -0.3 is 14.8 Å². The molecule has 1 fully saturated rings. The minimum Gasteiger partial charge on any atom is -0.490 e. The van der Waals surface area contributed by atoms with E-state index in [1.807, 2.05) is 0 Å². The summed E-state index contributed by atoms with van der Waals surface area (Å²) >= 11 is 0. The topological polar surface area (TPSA) is 30.5 Å². The molecule has 104 valence electrons. The van der Waals surface area contributed by atoms with Crippen molar-refractivity contribution in [2.24, 2.45) is 0 Å². The summed E-state index contributed by atoms with van der Waals surface area (Å²) in [6, 6.07) is 7.09. The van der Waals surface area contributed by atoms with Gasteiger partial charge in [0.05, 0.1) is 13.2 Å². The lowest BCUT2D eigenvalue weighted by Crippen LogP contribution is -2.34. The molecule has 1 aromatic carbocycles. The van der Waals surface area contributed by atoms with E-state index in [0.29, 0.717) is 6.04 Å². The molecule has 0 amide bonds. The molecule has 1 N–H and O–H groups in total. The predicted molar refractivity (Wildman–Crippen MR) is 76.0 cm³/mol. The minimum absolute atomic E-state index is 0.699. The molecule has 19 heavy (non-hydrogen) atoms. The van der Waals surface area contributed by atoms with Crippen LogP contribution in [0.3, 0.4) is 0 Å². The zero-order valence-electron chi connectivity index (χ0n) is 11.5. The van der Waals surface area contributed by atoms with E-state index in [0.717, 1.165) is 37.6 Å². The first kappa shape index (κ1) is 12.8. The summed E-state index contributed by atoms with van der Waals surface area (Å²) in [5, 5.41) is 3.61. The van der Waals surface area contributed by atoms with Gasteiger partial charge in [0.25, 0.3) is 0 Å². The molecule has 1 unspecified atom stereocenters. The molecule has 3 heteroatoms. The number of fused-ring (bicyclic) bond motifs is 1. The van der Waals surface area contributed by atoms with Crippen molar-refractivity contribution in [2.45, 2.75) is 44.6 Å². The lowest BCUT2D eigenvalue weighted by molar-refractivity contribution is 0.297. The number of benzene rings is 1. The molecule has 2 aliphatic heterocycles. The highest BCUT2D eigenvalue weighted by molar-refractivity contribution is 5.43. The summed E-state index contributed by atoms with van der Waals surface area (Å²) in [5.41, 5.74) is 1.36. The quantitative estimate of drug-likeness (QED) is 0.907. The Morgan fingerprint density at radius 3 is 2.79 bits per heavy atom. The fourth-order valence-electron chi connectivity index (χ4n) is 2.87. The lowest BCUT2D eigenvalue weighted by Gasteiger charge is -2.23. The van der Waals surface area contributed by atoms with E-state index in [9.17, 15) is 0 Å². The largest absolute Gasteiger partial charge is 0.490 e. The first-order chi connectivity index (χ1) is 9.42. The Balaban J connectivity index is 1.60. The van der Waals surface area contributed by atoms with Gasteiger partial charge in [-0.3, -0.25) is 0 Å². The van der Waals surface area contributed by atoms with Gasteiger partial charge in [0.2, 0.25) is 0 Å². The molecule has 2 heterocycles. The van der Waals surface area contributed by atoms with Gasteiger partial charge in [-0.2, -0.15) is 0 Å². The molecule has 2 aliphatic rings. The van der Waals surface area contributed by atoms with E-state index in [1.165, 1.54) is 37.8 Å². The fraction of sp³-hybridized carbons (Fsp3) is 0.625. The van der Waals surface area contributed by atoms with Crippen molar-refractivity contribution in [3.63, 3.8) is 0 Å². The number of piperidine rings is 1. The van der Waals surface area contributed by atoms with E-state index in [-0.39, 0.29) is 0 Å². The van der Waals surface area contributed by atoms with E-state index < -0.39 is 0 Å². The third kappa shape index (κ3) is 3.41. The number of aryl methyl sites for hydroxylation is 1. The molecule has 1 atom stereocenters. The van der Waals surface area contributed by atoms with Gasteiger partial charge in [-0.1, -0.05) is 12.5 Å². The Bertz CT molecular complexity index is 413. The maximum absolute atomic E-state index is 5.74. The second-order valence-electron chi connectivity index (χ2n) is 5.52. The second-order valence-corrected chi connectivity index (χ2v) is 5.52. The van der Waals surface area contributed by atoms with Crippen molar-refractivity contribution < 1.29 is 9.47 Å². The Labute approximate surface area is 115 Å². The highest BCUT2D eigenvalue weighted by Crippen LogP contribution is 2.31. The van der Waals surface area contributed by atoms with Crippen LogP contribution in [0.25, 0.3) is 0 Å². The third-order valence-electron chi connectivity index (χ3n) is 4.01. The summed E-state index contributed by atoms with van der Waals surface area (Å²) in [4.78, 5) is 0. The van der Waals surface area contributed by atoms with Gasteiger partial charge in [0.15, 0.2) is 11.5 Å². The molecule has 3 nitrogen and oxygen atoms in total. The number of rotatable bonds is 3. The molecular formula is C16H23NO2. The summed E-state index contributed by atoms with van der Waals surface area (Å²) in [6.45, 7) is 2.71. The van der Waals surface area contributed by atoms with Crippen LogP contribution in [0.1, 0.15) is 37.7 Å². The molecule has 0 aliphatic carbocycles. The predicted octanol–water partition coefficient (Wildman–Crippen LogP) is 2.92. The van der Waals surface area contributed by atoms with E-state index in [4.69, 9.17) is 9.47 Å². The fourth-order valence-corrected chi connectivity index (χ4v) is 2.87. The van der Waals surface area contributed by atoms with E-state index in [1.54, 1.807) is 0 Å². The van der Waals surface area contributed by atoms with Gasteiger partial charge in [-0.05, 0) is 49.9 Å². The van der Waals surface area contributed by atoms with Gasteiger partial charge in [-0.15, -0.1) is 0 Å². The van der Waals surface area contributed by atoms with Crippen LogP contribution in [-0.2, 0) is 6.42 Å². The maximum Gasteiger partial charge on any atom is 0.161 e. The van der Waals surface area contributed by atoms with Crippen molar-refractivity contribution in [3.05, 3.63) is 23.8 Å². The third-order valence-corrected chi connectivity index (χ3v) is 4.01. The smallest absolute Gasteiger partial charge is 0.161 e. The minimum atomic E-state index is 0.699. The average molecular weight is 261 g/mol. The maximum atomic E-state index is 5.74. The molecule has 1 saturated heterocycles. The van der Waals surface area contributed by atoms with Crippen molar-refractivity contribution in [1.29, 1.82) is 0 Å². The SMILES string of the molecule is c1cc2c(cc1CCC1CCCCN1)OCCCO2. The average Bonchev–Trinajstić information content (AvgIpc) is 2.71. The lowest BCUT2D eigenvalue weighted by atomic mass is 9.98. The molecule has 1 aromatic rings. The number of hydrogen-bond donors (Lipinski definition) is 1. The molecule has 3 rings (SSSR count). The van der Waals surface area contributed by atoms with E-state index >= 15 is 0 Å². The standard InChI is InChI=1S/C16H23NO2/c1-2-9-17-14(4-1)7-5-13-6-8-15-16(12-13)19-11-3-10-18-15/h6,8,12,14,17H,1-5,7,9-11H2. The zero-order valence-corrected chi connectivity index (χ0v) is 11.5. The van der Waals surface area contributed by atoms with Gasteiger partial charge in [0, 0.05) is 12.5 Å². The van der Waals surface area contributed by atoms with Crippen LogP contribution >= 0.6 is 0 Å². The Hall–Kier alpha value is -1.22. The van der Waals surface area contributed by atoms with Gasteiger partial charge in [-0.25, -0.2) is 0 Å². The van der Waals surface area contributed by atoms with Crippen molar-refractivity contribution in [3.8, 4) is 11.5 Å². The van der Waals surface area contributed by atoms with Crippen LogP contribution in [0.2, 0.25) is 0 Å². The Kier molecular flexibility index (Phi) is 4.23. The van der Waals surface area contributed by atoms with Gasteiger partial charge in [0.1, 0.15) is 0 Å². The van der Waals surface area contributed by atoms with Crippen LogP contribution in [-0.4, -0.2) is 25.8 Å². The summed E-state index contributed by atoms with van der Waals surface area (Å²) in [7, 11) is 0. The van der Waals surface area contributed by atoms with Crippen LogP contribution in [0, 0.1) is 0 Å². The molecule has 0 aromatic heterocycles. The number of ether oxygens (including phenoxy) is 2. The molecule has 0 saturated carbocycles. The number of hydrogen-bond acceptors (Lipinski definition) is 3. The highest BCUT2D eigenvalue weighted by Gasteiger charge is 2.14. The summed E-state index contributed by atoms with van der Waals surface area (Å²) in [5.74, 6) is 1.82. The highest BCUT2D eigenvalue weighted by atomic mass is 16.5. The first-order valence-corrected chi connectivity index (χ1v) is 7.54. The molecule has 0 spiro atoms. The van der Waals surface area contributed by atoms with E-state index in [2.05, 4.69) is 23.5 Å². The molecule has 0 radical (unpaired) electrons. The van der Waals surface area contributed by atoms with Crippen molar-refractivity contribution in [1.82, 2.24) is 5.32 Å². The Morgan fingerprint density at radius 1 is 1.05 bits per heavy atom. The molecule has 0 bridgehead atoms. The van der Waals surface area contributed by atoms with Crippen molar-refractivity contribution >= 4 is 0 Å². The zero-order chi connectivity index (χ0) is 12.9. The second kappa shape index (κ2) is 6.29. The van der Waals surface area contributed by atoms with Crippen molar-refractivity contribution in [2.75, 3.05) is 19.8 Å². The monoisotopic (exact) mass is 261 g/mol. The first-order valence-electron chi connectivity index (χ1n) is 7.54. The summed E-state index contributed by atoms with van der Waals surface area (Å²) in [6.07, 6.45) is 7.34. The van der Waals surface area contributed by atoms with Gasteiger partial charge >= 0.3 is 0 Å². The normalized spacial score (nSPS) is 22.8. The number of nitrogens with one attached hydrogen (secondary N) is 1.